The van der Waals surface area contributed by atoms with Crippen LogP contribution in [0.15, 0.2) is 40.9 Å². The molecule has 1 atom stereocenters. The Hall–Kier alpha value is -0.930. The van der Waals surface area contributed by atoms with Gasteiger partial charge in [0.25, 0.3) is 0 Å². The molecular weight excluding hydrogens is 322 g/mol. The van der Waals surface area contributed by atoms with E-state index in [4.69, 9.17) is 11.6 Å². The zero-order chi connectivity index (χ0) is 13.3. The molecule has 0 aliphatic heterocycles. The monoisotopic (exact) mass is 330 g/mol. The van der Waals surface area contributed by atoms with Crippen LogP contribution in [0, 0.1) is 18.6 Å². The molecule has 4 heteroatoms. The van der Waals surface area contributed by atoms with Crippen LogP contribution >= 0.6 is 27.5 Å². The first-order valence-corrected chi connectivity index (χ1v) is 6.57. The van der Waals surface area contributed by atoms with Crippen LogP contribution in [-0.4, -0.2) is 0 Å². The summed E-state index contributed by atoms with van der Waals surface area (Å²) in [6.07, 6.45) is 0. The van der Waals surface area contributed by atoms with Crippen molar-refractivity contribution in [3.05, 3.63) is 69.2 Å². The van der Waals surface area contributed by atoms with Gasteiger partial charge < -0.3 is 0 Å². The zero-order valence-electron chi connectivity index (χ0n) is 9.55. The quantitative estimate of drug-likeness (QED) is 0.650. The number of hydrogen-bond donors (Lipinski definition) is 0. The van der Waals surface area contributed by atoms with Crippen molar-refractivity contribution in [3.8, 4) is 0 Å². The van der Waals surface area contributed by atoms with Gasteiger partial charge in [0.1, 0.15) is 11.6 Å². The summed E-state index contributed by atoms with van der Waals surface area (Å²) in [5.74, 6) is -1.00. The van der Waals surface area contributed by atoms with E-state index in [0.29, 0.717) is 0 Å². The smallest absolute Gasteiger partial charge is 0.128 e. The van der Waals surface area contributed by atoms with Crippen molar-refractivity contribution < 1.29 is 8.78 Å². The minimum absolute atomic E-state index is 0.146. The summed E-state index contributed by atoms with van der Waals surface area (Å²) >= 11 is 9.60. The van der Waals surface area contributed by atoms with Crippen molar-refractivity contribution in [2.45, 2.75) is 12.3 Å². The van der Waals surface area contributed by atoms with E-state index in [1.807, 2.05) is 25.1 Å². The van der Waals surface area contributed by atoms with Crippen LogP contribution in [0.1, 0.15) is 22.1 Å². The van der Waals surface area contributed by atoms with E-state index in [1.165, 1.54) is 0 Å². The molecule has 0 heterocycles. The first kappa shape index (κ1) is 13.5. The molecule has 0 bridgehead atoms. The van der Waals surface area contributed by atoms with Crippen LogP contribution in [-0.2, 0) is 0 Å². The molecule has 0 saturated heterocycles. The molecule has 0 aromatic heterocycles. The van der Waals surface area contributed by atoms with Crippen LogP contribution in [0.25, 0.3) is 0 Å². The van der Waals surface area contributed by atoms with Gasteiger partial charge in [0.2, 0.25) is 0 Å². The first-order chi connectivity index (χ1) is 8.49. The van der Waals surface area contributed by atoms with Gasteiger partial charge in [-0.15, -0.1) is 11.6 Å². The zero-order valence-corrected chi connectivity index (χ0v) is 11.9. The molecular formula is C14H10BrClF2. The van der Waals surface area contributed by atoms with Gasteiger partial charge in [-0.1, -0.05) is 28.1 Å². The third kappa shape index (κ3) is 2.73. The number of rotatable bonds is 2. The second-order valence-corrected chi connectivity index (χ2v) is 5.33. The lowest BCUT2D eigenvalue weighted by Gasteiger charge is -2.12. The standard InChI is InChI=1S/C14H10BrClF2/c1-8-2-3-9(6-12(8)15)14(16)11-7-10(17)4-5-13(11)18/h2-7,14H,1H3. The lowest BCUT2D eigenvalue weighted by molar-refractivity contribution is 0.587. The summed E-state index contributed by atoms with van der Waals surface area (Å²) in [5.41, 5.74) is 1.92. The van der Waals surface area contributed by atoms with Gasteiger partial charge in [-0.3, -0.25) is 0 Å². The Morgan fingerprint density at radius 2 is 1.83 bits per heavy atom. The molecule has 0 aliphatic carbocycles. The van der Waals surface area contributed by atoms with Crippen LogP contribution in [0.5, 0.6) is 0 Å². The van der Waals surface area contributed by atoms with E-state index in [1.54, 1.807) is 0 Å². The van der Waals surface area contributed by atoms with Gasteiger partial charge >= 0.3 is 0 Å². The van der Waals surface area contributed by atoms with Crippen molar-refractivity contribution >= 4 is 27.5 Å². The first-order valence-electron chi connectivity index (χ1n) is 5.34. The fourth-order valence-corrected chi connectivity index (χ4v) is 2.35. The average molecular weight is 332 g/mol. The SMILES string of the molecule is Cc1ccc(C(Cl)c2cc(F)ccc2F)cc1Br. The van der Waals surface area contributed by atoms with Gasteiger partial charge in [-0.2, -0.15) is 0 Å². The largest absolute Gasteiger partial charge is 0.207 e. The Morgan fingerprint density at radius 1 is 1.11 bits per heavy atom. The molecule has 1 unspecified atom stereocenters. The lowest BCUT2D eigenvalue weighted by Crippen LogP contribution is -1.98. The molecule has 18 heavy (non-hydrogen) atoms. The summed E-state index contributed by atoms with van der Waals surface area (Å²) in [6, 6.07) is 8.79. The fourth-order valence-electron chi connectivity index (χ4n) is 1.66. The van der Waals surface area contributed by atoms with Crippen molar-refractivity contribution in [3.63, 3.8) is 0 Å². The fraction of sp³-hybridized carbons (Fsp3) is 0.143. The molecule has 0 radical (unpaired) electrons. The molecule has 0 N–H and O–H groups in total. The van der Waals surface area contributed by atoms with Gasteiger partial charge in [0, 0.05) is 10.0 Å². The highest BCUT2D eigenvalue weighted by molar-refractivity contribution is 9.10. The van der Waals surface area contributed by atoms with E-state index >= 15 is 0 Å². The van der Waals surface area contributed by atoms with Crippen LogP contribution in [0.4, 0.5) is 8.78 Å². The van der Waals surface area contributed by atoms with Crippen LogP contribution < -0.4 is 0 Å². The highest BCUT2D eigenvalue weighted by Gasteiger charge is 2.16. The number of aryl methyl sites for hydroxylation is 1. The Kier molecular flexibility index (Phi) is 4.03. The highest BCUT2D eigenvalue weighted by Crippen LogP contribution is 2.33. The van der Waals surface area contributed by atoms with Crippen molar-refractivity contribution in [2.75, 3.05) is 0 Å². The topological polar surface area (TPSA) is 0 Å². The molecule has 0 nitrogen and oxygen atoms in total. The van der Waals surface area contributed by atoms with Crippen LogP contribution in [0.3, 0.4) is 0 Å². The molecule has 94 valence electrons. The molecule has 0 fully saturated rings. The Labute approximate surface area is 118 Å². The van der Waals surface area contributed by atoms with Gasteiger partial charge in [-0.25, -0.2) is 8.78 Å². The van der Waals surface area contributed by atoms with E-state index in [9.17, 15) is 8.78 Å². The summed E-state index contributed by atoms with van der Waals surface area (Å²) in [7, 11) is 0. The number of benzene rings is 2. The number of halogens is 4. The second kappa shape index (κ2) is 5.37. The van der Waals surface area contributed by atoms with E-state index < -0.39 is 17.0 Å². The van der Waals surface area contributed by atoms with Crippen LogP contribution in [0.2, 0.25) is 0 Å². The van der Waals surface area contributed by atoms with E-state index in [0.717, 1.165) is 33.8 Å². The molecule has 0 spiro atoms. The van der Waals surface area contributed by atoms with Crippen molar-refractivity contribution in [1.82, 2.24) is 0 Å². The van der Waals surface area contributed by atoms with E-state index in [-0.39, 0.29) is 5.56 Å². The lowest BCUT2D eigenvalue weighted by atomic mass is 10.0. The van der Waals surface area contributed by atoms with Gasteiger partial charge in [-0.05, 0) is 42.3 Å². The molecule has 0 aliphatic rings. The summed E-state index contributed by atoms with van der Waals surface area (Å²) < 4.78 is 27.6. The Morgan fingerprint density at radius 3 is 2.50 bits per heavy atom. The third-order valence-corrected chi connectivity index (χ3v) is 4.06. The van der Waals surface area contributed by atoms with Gasteiger partial charge in [0.15, 0.2) is 0 Å². The predicted molar refractivity (Wildman–Crippen MR) is 72.9 cm³/mol. The summed E-state index contributed by atoms with van der Waals surface area (Å²) in [5, 5.41) is -0.711. The second-order valence-electron chi connectivity index (χ2n) is 4.04. The predicted octanol–water partition coefficient (Wildman–Crippen LogP) is 5.36. The molecule has 2 aromatic rings. The maximum Gasteiger partial charge on any atom is 0.128 e. The normalized spacial score (nSPS) is 12.5. The minimum Gasteiger partial charge on any atom is -0.207 e. The summed E-state index contributed by atoms with van der Waals surface area (Å²) in [6.45, 7) is 1.94. The molecule has 2 rings (SSSR count). The van der Waals surface area contributed by atoms with Gasteiger partial charge in [0.05, 0.1) is 5.38 Å². The highest BCUT2D eigenvalue weighted by atomic mass is 79.9. The maximum absolute atomic E-state index is 13.6. The summed E-state index contributed by atoms with van der Waals surface area (Å²) in [4.78, 5) is 0. The van der Waals surface area contributed by atoms with E-state index in [2.05, 4.69) is 15.9 Å². The Bertz CT molecular complexity index is 584. The maximum atomic E-state index is 13.6. The Balaban J connectivity index is 2.44. The van der Waals surface area contributed by atoms with Crippen molar-refractivity contribution in [2.24, 2.45) is 0 Å². The molecule has 0 amide bonds. The molecule has 0 saturated carbocycles. The average Bonchev–Trinajstić information content (AvgIpc) is 2.35. The number of alkyl halides is 1. The number of hydrogen-bond acceptors (Lipinski definition) is 0. The minimum atomic E-state index is -0.711. The molecule has 2 aromatic carbocycles. The third-order valence-electron chi connectivity index (χ3n) is 2.72. The van der Waals surface area contributed by atoms with Crippen molar-refractivity contribution in [1.29, 1.82) is 0 Å².